The standard InChI is InChI=1S/C14H13NO2/c16-13-8-4-5-11(9-13)10-14(17)15-12-6-2-1-3-7-12/h1-9,16H,10H2,(H,15,17). The number of aromatic hydroxyl groups is 1. The molecule has 0 fully saturated rings. The van der Waals surface area contributed by atoms with Crippen LogP contribution in [-0.2, 0) is 11.2 Å². The number of phenolic OH excluding ortho intramolecular Hbond substituents is 1. The van der Waals surface area contributed by atoms with Gasteiger partial charge in [-0.25, -0.2) is 0 Å². The number of anilines is 1. The molecule has 0 aliphatic heterocycles. The summed E-state index contributed by atoms with van der Waals surface area (Å²) in [5, 5.41) is 12.1. The number of para-hydroxylation sites is 1. The molecule has 2 N–H and O–H groups in total. The number of hydrogen-bond acceptors (Lipinski definition) is 2. The molecule has 0 spiro atoms. The first-order chi connectivity index (χ1) is 8.24. The van der Waals surface area contributed by atoms with Crippen LogP contribution in [0, 0.1) is 0 Å². The van der Waals surface area contributed by atoms with Crippen molar-refractivity contribution in [3.63, 3.8) is 0 Å². The second-order valence-corrected chi connectivity index (χ2v) is 3.76. The Hall–Kier alpha value is -2.29. The highest BCUT2D eigenvalue weighted by Gasteiger charge is 2.04. The molecule has 0 saturated heterocycles. The van der Waals surface area contributed by atoms with E-state index in [1.807, 2.05) is 36.4 Å². The second-order valence-electron chi connectivity index (χ2n) is 3.76. The fraction of sp³-hybridized carbons (Fsp3) is 0.0714. The van der Waals surface area contributed by atoms with E-state index in [-0.39, 0.29) is 18.1 Å². The van der Waals surface area contributed by atoms with Gasteiger partial charge in [0.1, 0.15) is 5.75 Å². The van der Waals surface area contributed by atoms with Gasteiger partial charge in [-0.2, -0.15) is 0 Å². The van der Waals surface area contributed by atoms with E-state index in [9.17, 15) is 9.90 Å². The lowest BCUT2D eigenvalue weighted by atomic mass is 10.1. The molecule has 17 heavy (non-hydrogen) atoms. The molecule has 0 unspecified atom stereocenters. The highest BCUT2D eigenvalue weighted by Crippen LogP contribution is 2.12. The third-order valence-corrected chi connectivity index (χ3v) is 2.33. The molecular weight excluding hydrogens is 214 g/mol. The normalized spacial score (nSPS) is 9.88. The lowest BCUT2D eigenvalue weighted by molar-refractivity contribution is -0.115. The van der Waals surface area contributed by atoms with E-state index in [4.69, 9.17) is 0 Å². The number of amides is 1. The zero-order chi connectivity index (χ0) is 12.1. The van der Waals surface area contributed by atoms with E-state index in [0.29, 0.717) is 0 Å². The number of carbonyl (C=O) groups excluding carboxylic acids is 1. The Bertz CT molecular complexity index is 509. The first-order valence-electron chi connectivity index (χ1n) is 5.37. The van der Waals surface area contributed by atoms with Crippen LogP contribution in [0.25, 0.3) is 0 Å². The van der Waals surface area contributed by atoms with E-state index >= 15 is 0 Å². The summed E-state index contributed by atoms with van der Waals surface area (Å²) in [6, 6.07) is 16.0. The quantitative estimate of drug-likeness (QED) is 0.846. The minimum atomic E-state index is -0.0956. The topological polar surface area (TPSA) is 49.3 Å². The maximum absolute atomic E-state index is 11.7. The third kappa shape index (κ3) is 3.34. The summed E-state index contributed by atoms with van der Waals surface area (Å²) in [4.78, 5) is 11.7. The number of rotatable bonds is 3. The van der Waals surface area contributed by atoms with Gasteiger partial charge < -0.3 is 10.4 Å². The Morgan fingerprint density at radius 2 is 1.82 bits per heavy atom. The lowest BCUT2D eigenvalue weighted by Crippen LogP contribution is -2.14. The number of phenols is 1. The summed E-state index contributed by atoms with van der Waals surface area (Å²) in [6.07, 6.45) is 0.253. The van der Waals surface area contributed by atoms with Crippen molar-refractivity contribution >= 4 is 11.6 Å². The Morgan fingerprint density at radius 3 is 2.53 bits per heavy atom. The number of benzene rings is 2. The Labute approximate surface area is 99.7 Å². The van der Waals surface area contributed by atoms with E-state index in [1.165, 1.54) is 0 Å². The van der Waals surface area contributed by atoms with Crippen molar-refractivity contribution in [3.8, 4) is 5.75 Å². The Balaban J connectivity index is 1.98. The molecule has 0 saturated carbocycles. The fourth-order valence-electron chi connectivity index (χ4n) is 1.58. The molecule has 0 heterocycles. The van der Waals surface area contributed by atoms with Crippen LogP contribution in [-0.4, -0.2) is 11.0 Å². The van der Waals surface area contributed by atoms with Crippen molar-refractivity contribution in [2.45, 2.75) is 6.42 Å². The zero-order valence-electron chi connectivity index (χ0n) is 9.26. The largest absolute Gasteiger partial charge is 0.508 e. The summed E-state index contributed by atoms with van der Waals surface area (Å²) in [5.41, 5.74) is 1.57. The lowest BCUT2D eigenvalue weighted by Gasteiger charge is -2.05. The summed E-state index contributed by atoms with van der Waals surface area (Å²) < 4.78 is 0. The van der Waals surface area contributed by atoms with Crippen LogP contribution in [0.1, 0.15) is 5.56 Å². The van der Waals surface area contributed by atoms with Crippen molar-refractivity contribution in [3.05, 3.63) is 60.2 Å². The summed E-state index contributed by atoms with van der Waals surface area (Å²) >= 11 is 0. The first-order valence-corrected chi connectivity index (χ1v) is 5.37. The highest BCUT2D eigenvalue weighted by molar-refractivity contribution is 5.92. The van der Waals surface area contributed by atoms with Crippen LogP contribution in [0.5, 0.6) is 5.75 Å². The summed E-state index contributed by atoms with van der Waals surface area (Å²) in [6.45, 7) is 0. The molecule has 0 aromatic heterocycles. The van der Waals surface area contributed by atoms with Crippen LogP contribution in [0.15, 0.2) is 54.6 Å². The average molecular weight is 227 g/mol. The van der Waals surface area contributed by atoms with Crippen LogP contribution in [0.4, 0.5) is 5.69 Å². The molecule has 86 valence electrons. The minimum Gasteiger partial charge on any atom is -0.508 e. The molecule has 2 aromatic carbocycles. The third-order valence-electron chi connectivity index (χ3n) is 2.33. The fourth-order valence-corrected chi connectivity index (χ4v) is 1.58. The number of nitrogens with one attached hydrogen (secondary N) is 1. The molecule has 0 aliphatic rings. The van der Waals surface area contributed by atoms with E-state index in [0.717, 1.165) is 11.3 Å². The predicted molar refractivity (Wildman–Crippen MR) is 66.9 cm³/mol. The van der Waals surface area contributed by atoms with Gasteiger partial charge in [-0.15, -0.1) is 0 Å². The van der Waals surface area contributed by atoms with Gasteiger partial charge in [0.25, 0.3) is 0 Å². The van der Waals surface area contributed by atoms with E-state index in [1.54, 1.807) is 18.2 Å². The molecule has 3 nitrogen and oxygen atoms in total. The van der Waals surface area contributed by atoms with Gasteiger partial charge in [0.15, 0.2) is 0 Å². The van der Waals surface area contributed by atoms with Gasteiger partial charge in [-0.1, -0.05) is 30.3 Å². The van der Waals surface area contributed by atoms with Gasteiger partial charge in [0, 0.05) is 5.69 Å². The molecule has 2 rings (SSSR count). The van der Waals surface area contributed by atoms with Gasteiger partial charge in [-0.3, -0.25) is 4.79 Å². The minimum absolute atomic E-state index is 0.0956. The van der Waals surface area contributed by atoms with Crippen molar-refractivity contribution in [2.24, 2.45) is 0 Å². The monoisotopic (exact) mass is 227 g/mol. The molecule has 0 bridgehead atoms. The van der Waals surface area contributed by atoms with Gasteiger partial charge in [-0.05, 0) is 29.8 Å². The highest BCUT2D eigenvalue weighted by atomic mass is 16.3. The molecule has 0 radical (unpaired) electrons. The number of carbonyl (C=O) groups is 1. The van der Waals surface area contributed by atoms with Gasteiger partial charge in [0.2, 0.25) is 5.91 Å². The molecule has 0 aliphatic carbocycles. The van der Waals surface area contributed by atoms with Crippen molar-refractivity contribution < 1.29 is 9.90 Å². The van der Waals surface area contributed by atoms with Crippen molar-refractivity contribution in [1.82, 2.24) is 0 Å². The van der Waals surface area contributed by atoms with E-state index < -0.39 is 0 Å². The van der Waals surface area contributed by atoms with Crippen LogP contribution in [0.2, 0.25) is 0 Å². The molecule has 0 atom stereocenters. The summed E-state index contributed by atoms with van der Waals surface area (Å²) in [7, 11) is 0. The Morgan fingerprint density at radius 1 is 1.06 bits per heavy atom. The molecule has 2 aromatic rings. The van der Waals surface area contributed by atoms with Crippen LogP contribution in [0.3, 0.4) is 0 Å². The van der Waals surface area contributed by atoms with Crippen molar-refractivity contribution in [2.75, 3.05) is 5.32 Å². The van der Waals surface area contributed by atoms with Gasteiger partial charge in [0.05, 0.1) is 6.42 Å². The predicted octanol–water partition coefficient (Wildman–Crippen LogP) is 2.57. The smallest absolute Gasteiger partial charge is 0.228 e. The van der Waals surface area contributed by atoms with Crippen LogP contribution >= 0.6 is 0 Å². The first kappa shape index (κ1) is 11.2. The van der Waals surface area contributed by atoms with E-state index in [2.05, 4.69) is 5.32 Å². The number of hydrogen-bond donors (Lipinski definition) is 2. The Kier molecular flexibility index (Phi) is 3.40. The molecular formula is C14H13NO2. The second kappa shape index (κ2) is 5.16. The SMILES string of the molecule is O=C(Cc1cccc(O)c1)Nc1ccccc1. The maximum atomic E-state index is 11.7. The van der Waals surface area contributed by atoms with Gasteiger partial charge >= 0.3 is 0 Å². The zero-order valence-corrected chi connectivity index (χ0v) is 9.26. The van der Waals surface area contributed by atoms with Crippen molar-refractivity contribution in [1.29, 1.82) is 0 Å². The molecule has 1 amide bonds. The average Bonchev–Trinajstić information content (AvgIpc) is 2.30. The molecule has 3 heteroatoms. The van der Waals surface area contributed by atoms with Crippen LogP contribution < -0.4 is 5.32 Å². The summed E-state index contributed by atoms with van der Waals surface area (Å²) in [5.74, 6) is 0.0804. The maximum Gasteiger partial charge on any atom is 0.228 e.